The monoisotopic (exact) mass is 773 g/mol. The summed E-state index contributed by atoms with van der Waals surface area (Å²) in [5, 5.41) is 0. The van der Waals surface area contributed by atoms with Gasteiger partial charge in [-0.3, -0.25) is 0 Å². The number of allylic oxidation sites excluding steroid dienone is 1. The molecule has 0 bridgehead atoms. The lowest BCUT2D eigenvalue weighted by atomic mass is 9.52. The second-order valence-electron chi connectivity index (χ2n) is 18.2. The van der Waals surface area contributed by atoms with Gasteiger partial charge in [0.2, 0.25) is 0 Å². The van der Waals surface area contributed by atoms with Crippen LogP contribution in [0, 0.1) is 40.9 Å². The molecule has 4 aliphatic carbocycles. The van der Waals surface area contributed by atoms with Crippen molar-refractivity contribution in [2.45, 2.75) is 129 Å². The van der Waals surface area contributed by atoms with E-state index in [-0.39, 0.29) is 54.4 Å². The molecule has 5 fully saturated rings. The van der Waals surface area contributed by atoms with Crippen LogP contribution in [-0.2, 0) is 37.6 Å². The van der Waals surface area contributed by atoms with E-state index in [0.29, 0.717) is 36.1 Å². The number of hydrogen-bond acceptors (Lipinski definition) is 7. The zero-order chi connectivity index (χ0) is 38.5. The molecule has 2 heterocycles. The summed E-state index contributed by atoms with van der Waals surface area (Å²) in [5.74, 6) is 2.72. The number of amides is 2. The fourth-order valence-electron chi connectivity index (χ4n) is 12.3. The van der Waals surface area contributed by atoms with Gasteiger partial charge in [-0.15, -0.1) is 0 Å². The van der Waals surface area contributed by atoms with E-state index in [1.165, 1.54) is 5.57 Å². The Bertz CT molecular complexity index is 1870. The van der Waals surface area contributed by atoms with Crippen LogP contribution in [0.2, 0.25) is 0 Å². The molecule has 2 amide bonds. The Balaban J connectivity index is 0.907. The highest BCUT2D eigenvalue weighted by atomic mass is 32.2. The Morgan fingerprint density at radius 2 is 1.60 bits per heavy atom. The molecule has 2 N–H and O–H groups in total. The summed E-state index contributed by atoms with van der Waals surface area (Å²) in [6.07, 6.45) is 8.66. The van der Waals surface area contributed by atoms with Crippen molar-refractivity contribution in [1.82, 2.24) is 14.3 Å². The van der Waals surface area contributed by atoms with Crippen LogP contribution < -0.4 is 9.44 Å². The van der Waals surface area contributed by atoms with E-state index < -0.39 is 16.3 Å². The number of fused-ring (bicyclic) bond motifs is 6. The lowest BCUT2D eigenvalue weighted by Gasteiger charge is -2.54. The van der Waals surface area contributed by atoms with Crippen LogP contribution in [0.4, 0.5) is 9.59 Å². The van der Waals surface area contributed by atoms with Crippen LogP contribution in [0.1, 0.15) is 103 Å². The number of piperidine rings is 1. The molecule has 11 heteroatoms. The summed E-state index contributed by atoms with van der Waals surface area (Å²) in [7, 11) is -4.06. The summed E-state index contributed by atoms with van der Waals surface area (Å²) >= 11 is 0. The summed E-state index contributed by atoms with van der Waals surface area (Å²) in [6.45, 7) is 10.3. The van der Waals surface area contributed by atoms with Gasteiger partial charge in [-0.2, -0.15) is 13.1 Å². The number of carbonyl (C=O) groups is 2. The zero-order valence-corrected chi connectivity index (χ0v) is 33.7. The minimum Gasteiger partial charge on any atom is -0.445 e. The first-order valence-corrected chi connectivity index (χ1v) is 22.2. The average molecular weight is 774 g/mol. The molecule has 10 nitrogen and oxygen atoms in total. The van der Waals surface area contributed by atoms with Gasteiger partial charge in [0.15, 0.2) is 0 Å². The van der Waals surface area contributed by atoms with Crippen LogP contribution in [0.25, 0.3) is 0 Å². The lowest BCUT2D eigenvalue weighted by molar-refractivity contribution is -0.0802. The third-order valence-corrected chi connectivity index (χ3v) is 16.0. The van der Waals surface area contributed by atoms with Gasteiger partial charge in [-0.05, 0) is 117 Å². The zero-order valence-electron chi connectivity index (χ0n) is 32.9. The molecular formula is C44H59N3O7S. The molecule has 1 unspecified atom stereocenters. The predicted molar refractivity (Wildman–Crippen MR) is 210 cm³/mol. The van der Waals surface area contributed by atoms with Crippen molar-refractivity contribution in [2.24, 2.45) is 40.9 Å². The number of likely N-dealkylation sites (tertiary alicyclic amines) is 1. The molecule has 0 radical (unpaired) electrons. The van der Waals surface area contributed by atoms with E-state index in [1.54, 1.807) is 5.57 Å². The van der Waals surface area contributed by atoms with Crippen molar-refractivity contribution in [2.75, 3.05) is 6.54 Å². The number of hydrogen-bond donors (Lipinski definition) is 2. The molecule has 2 aromatic rings. The van der Waals surface area contributed by atoms with Crippen molar-refractivity contribution in [3.63, 3.8) is 0 Å². The average Bonchev–Trinajstić information content (AvgIpc) is 3.63. The third kappa shape index (κ3) is 7.57. The number of rotatable bonds is 7. The molecule has 11 atom stereocenters. The molecule has 55 heavy (non-hydrogen) atoms. The van der Waals surface area contributed by atoms with Gasteiger partial charge in [0.25, 0.3) is 0 Å². The number of benzene rings is 2. The first-order valence-electron chi connectivity index (χ1n) is 20.7. The quantitative estimate of drug-likeness (QED) is 0.272. The molecule has 8 rings (SSSR count). The van der Waals surface area contributed by atoms with E-state index in [2.05, 4.69) is 37.1 Å². The van der Waals surface area contributed by atoms with Gasteiger partial charge < -0.3 is 19.1 Å². The number of carbonyl (C=O) groups excluding carboxylic acids is 2. The standard InChI is InChI=1S/C44H59N3O7S/c1-28-21-39-40(47(25-28)42(49)53-27-32-13-9-6-10-14-32)30(3)44(54-39)20-18-35-36-16-15-33-22-34(17-19-43(33,4)38(36)23-37(35)29(2)24-44)45-55(50,51)46-41(48)52-26-31-11-7-5-8-12-31/h5-14,28,30,33-36,38-40,45H,15-27H2,1-4H3,(H,46,48)/t28-,30+,33+,34?,35-,36-,38-,39+,40-,43-,44-/m0/s1. The molecule has 0 aromatic heterocycles. The summed E-state index contributed by atoms with van der Waals surface area (Å²) in [5.41, 5.74) is 4.78. The van der Waals surface area contributed by atoms with Crippen LogP contribution in [0.15, 0.2) is 71.8 Å². The van der Waals surface area contributed by atoms with Crippen LogP contribution in [0.5, 0.6) is 0 Å². The Kier molecular flexibility index (Phi) is 10.6. The molecule has 3 saturated carbocycles. The topological polar surface area (TPSA) is 123 Å². The summed E-state index contributed by atoms with van der Waals surface area (Å²) < 4.78 is 49.1. The maximum Gasteiger partial charge on any atom is 0.422 e. The smallest absolute Gasteiger partial charge is 0.422 e. The second-order valence-corrected chi connectivity index (χ2v) is 19.6. The van der Waals surface area contributed by atoms with Gasteiger partial charge in [0.1, 0.15) is 13.2 Å². The molecular weight excluding hydrogens is 715 g/mol. The van der Waals surface area contributed by atoms with E-state index >= 15 is 0 Å². The number of ether oxygens (including phenoxy) is 3. The molecule has 1 spiro atoms. The maximum absolute atomic E-state index is 13.7. The van der Waals surface area contributed by atoms with Gasteiger partial charge in [-0.1, -0.05) is 92.6 Å². The lowest BCUT2D eigenvalue weighted by Crippen LogP contribution is -2.54. The predicted octanol–water partition coefficient (Wildman–Crippen LogP) is 8.29. The Morgan fingerprint density at radius 3 is 2.31 bits per heavy atom. The number of nitrogens with one attached hydrogen (secondary N) is 2. The largest absolute Gasteiger partial charge is 0.445 e. The van der Waals surface area contributed by atoms with Crippen molar-refractivity contribution in [3.8, 4) is 0 Å². The van der Waals surface area contributed by atoms with E-state index in [0.717, 1.165) is 75.3 Å². The summed E-state index contributed by atoms with van der Waals surface area (Å²) in [6, 6.07) is 18.9. The van der Waals surface area contributed by atoms with Crippen molar-refractivity contribution in [3.05, 3.63) is 82.9 Å². The van der Waals surface area contributed by atoms with Gasteiger partial charge in [0.05, 0.1) is 17.7 Å². The first-order chi connectivity index (χ1) is 26.3. The van der Waals surface area contributed by atoms with Gasteiger partial charge >= 0.3 is 22.4 Å². The highest BCUT2D eigenvalue weighted by Crippen LogP contribution is 2.65. The van der Waals surface area contributed by atoms with E-state index in [4.69, 9.17) is 14.2 Å². The molecule has 6 aliphatic rings. The van der Waals surface area contributed by atoms with Crippen molar-refractivity contribution in [1.29, 1.82) is 0 Å². The van der Waals surface area contributed by atoms with Crippen LogP contribution in [0.3, 0.4) is 0 Å². The molecule has 2 aliphatic heterocycles. The fourth-order valence-corrected chi connectivity index (χ4v) is 13.3. The first kappa shape index (κ1) is 38.5. The Labute approximate surface area is 327 Å². The molecule has 2 aromatic carbocycles. The van der Waals surface area contributed by atoms with Crippen molar-refractivity contribution < 1.29 is 32.2 Å². The number of nitrogens with zero attached hydrogens (tertiary/aromatic N) is 1. The highest BCUT2D eigenvalue weighted by molar-refractivity contribution is 7.88. The third-order valence-electron chi connectivity index (χ3n) is 14.9. The Hall–Kier alpha value is -3.41. The normalized spacial score (nSPS) is 36.9. The molecule has 2 saturated heterocycles. The summed E-state index contributed by atoms with van der Waals surface area (Å²) in [4.78, 5) is 28.0. The van der Waals surface area contributed by atoms with Crippen LogP contribution in [-0.4, -0.2) is 55.8 Å². The fraction of sp³-hybridized carbons (Fsp3) is 0.636. The van der Waals surface area contributed by atoms with Gasteiger partial charge in [0, 0.05) is 18.5 Å². The van der Waals surface area contributed by atoms with Crippen LogP contribution >= 0.6 is 0 Å². The second kappa shape index (κ2) is 15.2. The SMILES string of the molecule is CC1=C2C[C@H]3[C@@H](CC[C@@H]4CC(NS(=O)(=O)NC(=O)OCc5ccccc5)CC[C@@]43C)[C@@H]2CC[C@@]2(C1)O[C@@H]1C[C@H](C)CN(C(=O)OCc3ccccc3)[C@H]1[C@H]2C. The van der Waals surface area contributed by atoms with Gasteiger partial charge in [-0.25, -0.2) is 14.3 Å². The molecule has 298 valence electrons. The minimum atomic E-state index is -4.06. The maximum atomic E-state index is 13.7. The Morgan fingerprint density at radius 1 is 0.909 bits per heavy atom. The van der Waals surface area contributed by atoms with E-state index in [1.807, 2.05) is 65.6 Å². The minimum absolute atomic E-state index is 0.00344. The van der Waals surface area contributed by atoms with E-state index in [9.17, 15) is 18.0 Å². The van der Waals surface area contributed by atoms with Crippen molar-refractivity contribution >= 4 is 22.4 Å². The highest BCUT2D eigenvalue weighted by Gasteiger charge is 2.61.